The third-order valence-electron chi connectivity index (χ3n) is 3.72. The van der Waals surface area contributed by atoms with Crippen molar-refractivity contribution >= 4 is 21.9 Å². The largest absolute Gasteiger partial charge is 0.464 e. The van der Waals surface area contributed by atoms with Gasteiger partial charge < -0.3 is 8.83 Å². The summed E-state index contributed by atoms with van der Waals surface area (Å²) in [7, 11) is 0. The van der Waals surface area contributed by atoms with Crippen LogP contribution in [0.2, 0.25) is 0 Å². The zero-order valence-corrected chi connectivity index (χ0v) is 12.2. The lowest BCUT2D eigenvalue weighted by Crippen LogP contribution is -2.02. The fourth-order valence-electron chi connectivity index (χ4n) is 2.95. The molecule has 0 aliphatic carbocycles. The molecule has 0 atom stereocenters. The molecule has 0 bridgehead atoms. The maximum Gasteiger partial charge on any atom is 0.336 e. The van der Waals surface area contributed by atoms with E-state index >= 15 is 0 Å². The van der Waals surface area contributed by atoms with Gasteiger partial charge in [0.2, 0.25) is 0 Å². The van der Waals surface area contributed by atoms with Crippen LogP contribution in [0.3, 0.4) is 0 Å². The van der Waals surface area contributed by atoms with E-state index in [2.05, 4.69) is 27.7 Å². The Balaban J connectivity index is 2.63. The lowest BCUT2D eigenvalue weighted by molar-refractivity contribution is 0.549. The van der Waals surface area contributed by atoms with E-state index in [1.54, 1.807) is 6.26 Å². The fourth-order valence-corrected chi connectivity index (χ4v) is 2.95. The molecule has 1 aromatic carbocycles. The highest BCUT2D eigenvalue weighted by molar-refractivity contribution is 6.01. The van der Waals surface area contributed by atoms with E-state index in [4.69, 9.17) is 8.83 Å². The number of rotatable bonds is 2. The summed E-state index contributed by atoms with van der Waals surface area (Å²) in [5.41, 5.74) is 3.34. The van der Waals surface area contributed by atoms with Crippen LogP contribution in [0.5, 0.6) is 0 Å². The van der Waals surface area contributed by atoms with Crippen molar-refractivity contribution in [1.82, 2.24) is 0 Å². The minimum atomic E-state index is -0.319. The summed E-state index contributed by atoms with van der Waals surface area (Å²) in [5, 5.41) is 2.13. The molecule has 20 heavy (non-hydrogen) atoms. The topological polar surface area (TPSA) is 43.4 Å². The van der Waals surface area contributed by atoms with Crippen LogP contribution >= 0.6 is 0 Å². The first-order valence-electron chi connectivity index (χ1n) is 6.97. The molecule has 0 saturated heterocycles. The molecule has 0 radical (unpaired) electrons. The molecule has 3 nitrogen and oxygen atoms in total. The van der Waals surface area contributed by atoms with E-state index in [0.29, 0.717) is 11.5 Å². The molecule has 0 amide bonds. The second-order valence-corrected chi connectivity index (χ2v) is 5.80. The first-order valence-corrected chi connectivity index (χ1v) is 6.97. The molecule has 0 aliphatic heterocycles. The molecule has 0 unspecified atom stereocenters. The summed E-state index contributed by atoms with van der Waals surface area (Å²) in [6.45, 7) is 8.44. The van der Waals surface area contributed by atoms with Gasteiger partial charge in [-0.05, 0) is 29.5 Å². The van der Waals surface area contributed by atoms with Crippen LogP contribution in [0.15, 0.2) is 38.1 Å². The molecule has 0 N–H and O–H groups in total. The first-order chi connectivity index (χ1) is 9.50. The number of hydrogen-bond donors (Lipinski definition) is 0. The quantitative estimate of drug-likeness (QED) is 0.629. The van der Waals surface area contributed by atoms with E-state index in [1.807, 2.05) is 12.1 Å². The average Bonchev–Trinajstić information content (AvgIpc) is 2.82. The fraction of sp³-hybridized carbons (Fsp3) is 0.353. The van der Waals surface area contributed by atoms with Gasteiger partial charge in [0.05, 0.1) is 6.26 Å². The summed E-state index contributed by atoms with van der Waals surface area (Å²) >= 11 is 0. The van der Waals surface area contributed by atoms with Gasteiger partial charge in [0, 0.05) is 22.4 Å². The Labute approximate surface area is 117 Å². The van der Waals surface area contributed by atoms with E-state index in [1.165, 1.54) is 11.6 Å². The molecule has 3 rings (SSSR count). The lowest BCUT2D eigenvalue weighted by Gasteiger charge is -2.16. The Kier molecular flexibility index (Phi) is 2.93. The van der Waals surface area contributed by atoms with E-state index < -0.39 is 0 Å². The van der Waals surface area contributed by atoms with Crippen LogP contribution in [0.4, 0.5) is 0 Å². The predicted octanol–water partition coefficient (Wildman–Crippen LogP) is 4.79. The smallest absolute Gasteiger partial charge is 0.336 e. The summed E-state index contributed by atoms with van der Waals surface area (Å²) in [5.74, 6) is 0.546. The molecular weight excluding hydrogens is 252 g/mol. The van der Waals surface area contributed by atoms with Crippen LogP contribution in [0.1, 0.15) is 50.7 Å². The van der Waals surface area contributed by atoms with Crippen LogP contribution in [0.25, 0.3) is 21.9 Å². The maximum absolute atomic E-state index is 11.6. The highest BCUT2D eigenvalue weighted by Crippen LogP contribution is 2.39. The van der Waals surface area contributed by atoms with Gasteiger partial charge in [0.15, 0.2) is 0 Å². The van der Waals surface area contributed by atoms with E-state index in [0.717, 1.165) is 21.9 Å². The van der Waals surface area contributed by atoms with Crippen LogP contribution < -0.4 is 5.63 Å². The first kappa shape index (κ1) is 13.0. The van der Waals surface area contributed by atoms with Crippen molar-refractivity contribution in [1.29, 1.82) is 0 Å². The van der Waals surface area contributed by atoms with Gasteiger partial charge in [-0.2, -0.15) is 0 Å². The minimum Gasteiger partial charge on any atom is -0.464 e. The van der Waals surface area contributed by atoms with Crippen molar-refractivity contribution in [2.24, 2.45) is 0 Å². The number of hydrogen-bond acceptors (Lipinski definition) is 3. The van der Waals surface area contributed by atoms with E-state index in [-0.39, 0.29) is 11.5 Å². The molecule has 3 heteroatoms. The van der Waals surface area contributed by atoms with Crippen LogP contribution in [-0.2, 0) is 0 Å². The van der Waals surface area contributed by atoms with Gasteiger partial charge in [-0.1, -0.05) is 27.7 Å². The Hall–Kier alpha value is -2.03. The van der Waals surface area contributed by atoms with Crippen LogP contribution in [-0.4, -0.2) is 0 Å². The Morgan fingerprint density at radius 1 is 0.850 bits per heavy atom. The van der Waals surface area contributed by atoms with Crippen molar-refractivity contribution < 1.29 is 8.83 Å². The highest BCUT2D eigenvalue weighted by atomic mass is 16.4. The molecule has 0 spiro atoms. The zero-order chi connectivity index (χ0) is 14.4. The van der Waals surface area contributed by atoms with Gasteiger partial charge in [-0.15, -0.1) is 0 Å². The van der Waals surface area contributed by atoms with Crippen molar-refractivity contribution in [3.8, 4) is 0 Å². The average molecular weight is 270 g/mol. The molecule has 2 aromatic heterocycles. The lowest BCUT2D eigenvalue weighted by atomic mass is 9.89. The second-order valence-electron chi connectivity index (χ2n) is 5.80. The monoisotopic (exact) mass is 270 g/mol. The summed E-state index contributed by atoms with van der Waals surface area (Å²) in [6, 6.07) is 5.36. The van der Waals surface area contributed by atoms with Gasteiger partial charge in [-0.25, -0.2) is 4.79 Å². The van der Waals surface area contributed by atoms with Crippen LogP contribution in [0, 0.1) is 0 Å². The third kappa shape index (κ3) is 1.77. The molecular formula is C17H18O3. The van der Waals surface area contributed by atoms with Gasteiger partial charge >= 0.3 is 5.63 Å². The summed E-state index contributed by atoms with van der Waals surface area (Å²) in [6.07, 6.45) is 1.71. The Bertz CT molecular complexity index is 834. The molecule has 2 heterocycles. The predicted molar refractivity (Wildman–Crippen MR) is 80.4 cm³/mol. The van der Waals surface area contributed by atoms with Gasteiger partial charge in [0.25, 0.3) is 0 Å². The van der Waals surface area contributed by atoms with Crippen molar-refractivity contribution in [2.45, 2.75) is 39.5 Å². The van der Waals surface area contributed by atoms with Gasteiger partial charge in [0.1, 0.15) is 11.2 Å². The molecule has 0 fully saturated rings. The zero-order valence-electron chi connectivity index (χ0n) is 12.2. The second kappa shape index (κ2) is 4.51. The standard InChI is InChI=1S/C17H18O3/c1-9(2)14-11-5-6-13(18)20-17(11)15(10(3)4)16-12(14)7-8-19-16/h5-10H,1-4H3. The Morgan fingerprint density at radius 2 is 1.50 bits per heavy atom. The van der Waals surface area contributed by atoms with Crippen molar-refractivity contribution in [3.05, 3.63) is 46.0 Å². The SMILES string of the molecule is CC(C)c1c2ccoc2c(C(C)C)c2oc(=O)ccc12. The van der Waals surface area contributed by atoms with Gasteiger partial charge in [-0.3, -0.25) is 0 Å². The summed E-state index contributed by atoms with van der Waals surface area (Å²) in [4.78, 5) is 11.6. The molecule has 0 aliphatic rings. The number of furan rings is 1. The Morgan fingerprint density at radius 3 is 2.15 bits per heavy atom. The number of fused-ring (bicyclic) bond motifs is 2. The van der Waals surface area contributed by atoms with Crippen molar-refractivity contribution in [3.63, 3.8) is 0 Å². The third-order valence-corrected chi connectivity index (χ3v) is 3.72. The number of benzene rings is 1. The summed E-state index contributed by atoms with van der Waals surface area (Å²) < 4.78 is 11.2. The minimum absolute atomic E-state index is 0.220. The normalized spacial score (nSPS) is 12.1. The molecule has 3 aromatic rings. The molecule has 0 saturated carbocycles. The molecule has 104 valence electrons. The van der Waals surface area contributed by atoms with Crippen molar-refractivity contribution in [2.75, 3.05) is 0 Å². The maximum atomic E-state index is 11.6. The highest BCUT2D eigenvalue weighted by Gasteiger charge is 2.21. The van der Waals surface area contributed by atoms with E-state index in [9.17, 15) is 4.79 Å².